The van der Waals surface area contributed by atoms with Crippen molar-refractivity contribution in [1.82, 2.24) is 10.2 Å². The van der Waals surface area contributed by atoms with E-state index in [1.807, 2.05) is 18.7 Å². The number of hydrogen-bond acceptors (Lipinski definition) is 6. The number of aliphatic hydroxyl groups excluding tert-OH is 1. The van der Waals surface area contributed by atoms with Gasteiger partial charge in [0.05, 0.1) is 38.1 Å². The Labute approximate surface area is 207 Å². The zero-order valence-corrected chi connectivity index (χ0v) is 20.9. The number of nitrogens with one attached hydrogen (secondary N) is 1. The zero-order valence-electron chi connectivity index (χ0n) is 20.9. The third kappa shape index (κ3) is 8.07. The van der Waals surface area contributed by atoms with Crippen LogP contribution in [-0.2, 0) is 9.47 Å². The molecule has 1 spiro atoms. The van der Waals surface area contributed by atoms with Crippen LogP contribution in [0, 0.1) is 17.2 Å². The number of piperidine rings is 1. The highest BCUT2D eigenvalue weighted by Crippen LogP contribution is 2.54. The number of halogens is 1. The van der Waals surface area contributed by atoms with Crippen molar-refractivity contribution in [3.63, 3.8) is 0 Å². The molecule has 1 saturated heterocycles. The third-order valence-corrected chi connectivity index (χ3v) is 6.84. The van der Waals surface area contributed by atoms with Gasteiger partial charge in [-0.25, -0.2) is 9.18 Å². The molecule has 35 heavy (non-hydrogen) atoms. The van der Waals surface area contributed by atoms with Gasteiger partial charge in [-0.05, 0) is 75.8 Å². The van der Waals surface area contributed by atoms with Crippen LogP contribution < -0.4 is 10.1 Å². The molecule has 2 amide bonds. The Hall–Kier alpha value is -2.39. The van der Waals surface area contributed by atoms with Crippen molar-refractivity contribution in [2.75, 3.05) is 46.1 Å². The van der Waals surface area contributed by atoms with Crippen LogP contribution in [0.15, 0.2) is 18.2 Å². The molecule has 1 saturated carbocycles. The highest BCUT2D eigenvalue weighted by molar-refractivity contribution is 5.94. The summed E-state index contributed by atoms with van der Waals surface area (Å²) in [6.45, 7) is 6.41. The molecule has 8 nitrogen and oxygen atoms in total. The van der Waals surface area contributed by atoms with Crippen molar-refractivity contribution < 1.29 is 33.3 Å². The summed E-state index contributed by atoms with van der Waals surface area (Å²) >= 11 is 0. The lowest BCUT2D eigenvalue weighted by Crippen LogP contribution is -2.49. The van der Waals surface area contributed by atoms with Crippen molar-refractivity contribution in [2.24, 2.45) is 11.3 Å². The summed E-state index contributed by atoms with van der Waals surface area (Å²) in [5.74, 6) is -0.0444. The zero-order chi connectivity index (χ0) is 25.3. The van der Waals surface area contributed by atoms with Crippen molar-refractivity contribution in [2.45, 2.75) is 58.5 Å². The molecule has 1 heterocycles. The van der Waals surface area contributed by atoms with Gasteiger partial charge in [-0.15, -0.1) is 0 Å². The predicted molar refractivity (Wildman–Crippen MR) is 129 cm³/mol. The Kier molecular flexibility index (Phi) is 10.2. The Bertz CT molecular complexity index is 833. The van der Waals surface area contributed by atoms with E-state index in [9.17, 15) is 14.0 Å². The normalized spacial score (nSPS) is 17.3. The van der Waals surface area contributed by atoms with E-state index in [0.717, 1.165) is 38.8 Å². The van der Waals surface area contributed by atoms with Crippen LogP contribution in [0.4, 0.5) is 9.18 Å². The van der Waals surface area contributed by atoms with Gasteiger partial charge in [-0.3, -0.25) is 4.79 Å². The number of nitrogens with zero attached hydrogens (tertiary/aromatic N) is 1. The number of carbonyl (C=O) groups excluding carboxylic acids is 2. The van der Waals surface area contributed by atoms with Gasteiger partial charge in [0.2, 0.25) is 0 Å². The number of hydrogen-bond donors (Lipinski definition) is 2. The summed E-state index contributed by atoms with van der Waals surface area (Å²) in [5, 5.41) is 11.2. The average Bonchev–Trinajstić information content (AvgIpc) is 2.80. The van der Waals surface area contributed by atoms with Crippen LogP contribution in [0.5, 0.6) is 5.75 Å². The molecular formula is C26H39FN2O6. The minimum Gasteiger partial charge on any atom is -0.493 e. The van der Waals surface area contributed by atoms with Gasteiger partial charge in [-0.2, -0.15) is 0 Å². The first kappa shape index (κ1) is 27.2. The van der Waals surface area contributed by atoms with E-state index >= 15 is 0 Å². The van der Waals surface area contributed by atoms with E-state index in [1.54, 1.807) is 6.07 Å². The number of likely N-dealkylation sites (tertiary alicyclic amines) is 1. The number of aliphatic hydroxyl groups is 1. The van der Waals surface area contributed by atoms with Crippen molar-refractivity contribution in [1.29, 1.82) is 0 Å². The largest absolute Gasteiger partial charge is 0.493 e. The Morgan fingerprint density at radius 3 is 2.60 bits per heavy atom. The van der Waals surface area contributed by atoms with E-state index in [2.05, 4.69) is 5.32 Å². The molecule has 1 aromatic rings. The Morgan fingerprint density at radius 2 is 1.94 bits per heavy atom. The van der Waals surface area contributed by atoms with Crippen molar-refractivity contribution >= 4 is 12.0 Å². The maximum atomic E-state index is 14.3. The van der Waals surface area contributed by atoms with Crippen LogP contribution in [-0.4, -0.2) is 74.2 Å². The summed E-state index contributed by atoms with van der Waals surface area (Å²) in [7, 11) is 0. The molecule has 0 unspecified atom stereocenters. The highest BCUT2D eigenvalue weighted by atomic mass is 19.1. The van der Waals surface area contributed by atoms with Crippen molar-refractivity contribution in [3.8, 4) is 5.75 Å². The lowest BCUT2D eigenvalue weighted by molar-refractivity contribution is -0.0203. The van der Waals surface area contributed by atoms with E-state index < -0.39 is 11.7 Å². The molecule has 2 aliphatic rings. The number of rotatable bonds is 12. The standard InChI is InChI=1S/C26H39FN2O6/c1-19(2)35-25(32)29-10-7-26(8-11-29)17-20(18-26)4-3-13-34-21-5-6-22(23(27)16-21)24(31)28-9-14-33-15-12-30/h5-6,16,19-20,30H,3-4,7-15,17-18H2,1-2H3,(H,28,31). The Morgan fingerprint density at radius 1 is 1.20 bits per heavy atom. The van der Waals surface area contributed by atoms with Gasteiger partial charge < -0.3 is 29.5 Å². The van der Waals surface area contributed by atoms with E-state index in [4.69, 9.17) is 19.3 Å². The number of benzene rings is 1. The second-order valence-corrected chi connectivity index (χ2v) is 9.92. The first-order chi connectivity index (χ1) is 16.8. The molecule has 2 N–H and O–H groups in total. The van der Waals surface area contributed by atoms with Crippen LogP contribution in [0.25, 0.3) is 0 Å². The predicted octanol–water partition coefficient (Wildman–Crippen LogP) is 3.76. The van der Waals surface area contributed by atoms with Crippen LogP contribution in [0.3, 0.4) is 0 Å². The van der Waals surface area contributed by atoms with Crippen molar-refractivity contribution in [3.05, 3.63) is 29.6 Å². The molecule has 1 aliphatic carbocycles. The smallest absolute Gasteiger partial charge is 0.410 e. The third-order valence-electron chi connectivity index (χ3n) is 6.84. The summed E-state index contributed by atoms with van der Waals surface area (Å²) in [5.41, 5.74) is 0.341. The van der Waals surface area contributed by atoms with Crippen LogP contribution in [0.1, 0.15) is 62.7 Å². The minimum absolute atomic E-state index is 0.0391. The van der Waals surface area contributed by atoms with Gasteiger partial charge in [0.1, 0.15) is 11.6 Å². The average molecular weight is 495 g/mol. The molecule has 0 radical (unpaired) electrons. The fourth-order valence-electron chi connectivity index (χ4n) is 5.05. The maximum Gasteiger partial charge on any atom is 0.410 e. The molecule has 0 aromatic heterocycles. The molecular weight excluding hydrogens is 455 g/mol. The molecule has 3 rings (SSSR count). The maximum absolute atomic E-state index is 14.3. The molecule has 1 aromatic carbocycles. The second kappa shape index (κ2) is 13.1. The second-order valence-electron chi connectivity index (χ2n) is 9.92. The topological polar surface area (TPSA) is 97.3 Å². The van der Waals surface area contributed by atoms with Gasteiger partial charge in [0.15, 0.2) is 0 Å². The van der Waals surface area contributed by atoms with E-state index in [1.165, 1.54) is 25.0 Å². The van der Waals surface area contributed by atoms with Crippen LogP contribution >= 0.6 is 0 Å². The molecule has 9 heteroatoms. The first-order valence-electron chi connectivity index (χ1n) is 12.7. The SMILES string of the molecule is CC(C)OC(=O)N1CCC2(CC1)CC(CCCOc1ccc(C(=O)NCCOCCO)c(F)c1)C2. The van der Waals surface area contributed by atoms with E-state index in [-0.39, 0.29) is 44.1 Å². The fourth-order valence-corrected chi connectivity index (χ4v) is 5.05. The number of ether oxygens (including phenoxy) is 3. The highest BCUT2D eigenvalue weighted by Gasteiger charge is 2.46. The summed E-state index contributed by atoms with van der Waals surface area (Å²) in [6, 6.07) is 4.28. The number of carbonyl (C=O) groups is 2. The summed E-state index contributed by atoms with van der Waals surface area (Å²) < 4.78 is 30.4. The quantitative estimate of drug-likeness (QED) is 0.430. The minimum atomic E-state index is -0.624. The van der Waals surface area contributed by atoms with Crippen LogP contribution in [0.2, 0.25) is 0 Å². The van der Waals surface area contributed by atoms with Gasteiger partial charge in [-0.1, -0.05) is 0 Å². The monoisotopic (exact) mass is 494 g/mol. The molecule has 0 atom stereocenters. The molecule has 0 bridgehead atoms. The molecule has 2 fully saturated rings. The first-order valence-corrected chi connectivity index (χ1v) is 12.7. The lowest BCUT2D eigenvalue weighted by Gasteiger charge is -2.52. The molecule has 196 valence electrons. The van der Waals surface area contributed by atoms with Gasteiger partial charge in [0.25, 0.3) is 5.91 Å². The lowest BCUT2D eigenvalue weighted by atomic mass is 9.56. The summed E-state index contributed by atoms with van der Waals surface area (Å²) in [6.07, 6.45) is 6.17. The summed E-state index contributed by atoms with van der Waals surface area (Å²) in [4.78, 5) is 26.0. The van der Waals surface area contributed by atoms with Gasteiger partial charge >= 0.3 is 6.09 Å². The number of amides is 2. The fraction of sp³-hybridized carbons (Fsp3) is 0.692. The van der Waals surface area contributed by atoms with E-state index in [0.29, 0.717) is 23.7 Å². The Balaban J connectivity index is 1.30. The van der Waals surface area contributed by atoms with Gasteiger partial charge in [0, 0.05) is 25.7 Å². The molecule has 1 aliphatic heterocycles.